The fourth-order valence-electron chi connectivity index (χ4n) is 4.46. The zero-order chi connectivity index (χ0) is 20.5. The van der Waals surface area contributed by atoms with E-state index in [0.717, 1.165) is 30.0 Å². The molecule has 152 valence electrons. The molecule has 3 heterocycles. The minimum absolute atomic E-state index is 0.389. The maximum atomic E-state index is 4.28. The molecule has 5 rings (SSSR count). The average Bonchev–Trinajstić information content (AvgIpc) is 3.40. The SMILES string of the molecule is CN1Cc2c(NCc3cn[nH]c3-c3ccnn3C)cccc2C(c2ccccc2)C1. The van der Waals surface area contributed by atoms with Crippen molar-refractivity contribution in [1.29, 1.82) is 0 Å². The lowest BCUT2D eigenvalue weighted by Gasteiger charge is -2.34. The lowest BCUT2D eigenvalue weighted by molar-refractivity contribution is 0.296. The summed E-state index contributed by atoms with van der Waals surface area (Å²) in [6.45, 7) is 2.68. The van der Waals surface area contributed by atoms with Crippen molar-refractivity contribution in [3.63, 3.8) is 0 Å². The standard InChI is InChI=1S/C24H26N6/c1-29-15-20(17-7-4-3-5-8-17)19-9-6-10-22(21(19)16-29)25-13-18-14-26-28-24(18)23-11-12-27-30(23)2/h3-12,14,20,25H,13,15-16H2,1-2H3,(H,26,28). The molecular formula is C24H26N6. The number of hydrogen-bond donors (Lipinski definition) is 2. The zero-order valence-corrected chi connectivity index (χ0v) is 17.3. The van der Waals surface area contributed by atoms with Crippen LogP contribution in [0.25, 0.3) is 11.4 Å². The molecule has 0 bridgehead atoms. The van der Waals surface area contributed by atoms with Crippen LogP contribution in [0.5, 0.6) is 0 Å². The van der Waals surface area contributed by atoms with E-state index in [0.29, 0.717) is 12.5 Å². The smallest absolute Gasteiger partial charge is 0.0880 e. The fraction of sp³-hybridized carbons (Fsp3) is 0.250. The highest BCUT2D eigenvalue weighted by molar-refractivity contribution is 5.61. The van der Waals surface area contributed by atoms with Crippen molar-refractivity contribution >= 4 is 5.69 Å². The zero-order valence-electron chi connectivity index (χ0n) is 17.3. The summed E-state index contributed by atoms with van der Waals surface area (Å²) in [7, 11) is 4.15. The first-order valence-electron chi connectivity index (χ1n) is 10.3. The molecular weight excluding hydrogens is 372 g/mol. The van der Waals surface area contributed by atoms with Gasteiger partial charge in [0.05, 0.1) is 17.6 Å². The molecule has 6 nitrogen and oxygen atoms in total. The number of rotatable bonds is 5. The first-order chi connectivity index (χ1) is 14.7. The summed E-state index contributed by atoms with van der Waals surface area (Å²) in [5.74, 6) is 0.389. The monoisotopic (exact) mass is 398 g/mol. The van der Waals surface area contributed by atoms with Crippen LogP contribution < -0.4 is 5.32 Å². The van der Waals surface area contributed by atoms with Crippen LogP contribution in [-0.2, 0) is 20.1 Å². The van der Waals surface area contributed by atoms with Gasteiger partial charge in [0.1, 0.15) is 0 Å². The van der Waals surface area contributed by atoms with Crippen LogP contribution >= 0.6 is 0 Å². The van der Waals surface area contributed by atoms with E-state index in [1.54, 1.807) is 6.20 Å². The predicted molar refractivity (Wildman–Crippen MR) is 119 cm³/mol. The van der Waals surface area contributed by atoms with E-state index in [1.807, 2.05) is 24.0 Å². The van der Waals surface area contributed by atoms with Crippen LogP contribution in [0.15, 0.2) is 67.0 Å². The van der Waals surface area contributed by atoms with E-state index in [-0.39, 0.29) is 0 Å². The Morgan fingerprint density at radius 3 is 2.73 bits per heavy atom. The second-order valence-corrected chi connectivity index (χ2v) is 8.00. The molecule has 0 spiro atoms. The van der Waals surface area contributed by atoms with E-state index in [4.69, 9.17) is 0 Å². The van der Waals surface area contributed by atoms with Crippen LogP contribution in [0, 0.1) is 0 Å². The Balaban J connectivity index is 1.44. The summed E-state index contributed by atoms with van der Waals surface area (Å²) >= 11 is 0. The fourth-order valence-corrected chi connectivity index (χ4v) is 4.46. The molecule has 2 N–H and O–H groups in total. The molecule has 1 aliphatic rings. The number of fused-ring (bicyclic) bond motifs is 1. The lowest BCUT2D eigenvalue weighted by Crippen LogP contribution is -2.31. The second kappa shape index (κ2) is 7.80. The van der Waals surface area contributed by atoms with E-state index >= 15 is 0 Å². The normalized spacial score (nSPS) is 16.4. The molecule has 2 aromatic heterocycles. The van der Waals surface area contributed by atoms with Crippen molar-refractivity contribution in [2.45, 2.75) is 19.0 Å². The molecule has 0 aliphatic carbocycles. The summed E-state index contributed by atoms with van der Waals surface area (Å²) in [4.78, 5) is 2.41. The number of nitrogens with zero attached hydrogens (tertiary/aromatic N) is 4. The third-order valence-electron chi connectivity index (χ3n) is 5.98. The van der Waals surface area contributed by atoms with E-state index in [9.17, 15) is 0 Å². The summed E-state index contributed by atoms with van der Waals surface area (Å²) in [6, 6.07) is 19.4. The third kappa shape index (κ3) is 3.39. The number of hydrogen-bond acceptors (Lipinski definition) is 4. The van der Waals surface area contributed by atoms with Crippen molar-refractivity contribution in [3.8, 4) is 11.4 Å². The van der Waals surface area contributed by atoms with Gasteiger partial charge in [-0.25, -0.2) is 0 Å². The van der Waals surface area contributed by atoms with Crippen LogP contribution in [0.3, 0.4) is 0 Å². The van der Waals surface area contributed by atoms with Gasteiger partial charge in [0, 0.05) is 50.0 Å². The molecule has 2 aromatic carbocycles. The molecule has 1 unspecified atom stereocenters. The first-order valence-corrected chi connectivity index (χ1v) is 10.3. The quantitative estimate of drug-likeness (QED) is 0.533. The molecule has 0 fully saturated rings. The Morgan fingerprint density at radius 2 is 1.93 bits per heavy atom. The van der Waals surface area contributed by atoms with E-state index < -0.39 is 0 Å². The van der Waals surface area contributed by atoms with Crippen LogP contribution in [0.1, 0.15) is 28.2 Å². The number of aromatic nitrogens is 4. The molecule has 0 amide bonds. The molecule has 0 radical (unpaired) electrons. The highest BCUT2D eigenvalue weighted by Gasteiger charge is 2.26. The van der Waals surface area contributed by atoms with Crippen molar-refractivity contribution in [2.75, 3.05) is 18.9 Å². The lowest BCUT2D eigenvalue weighted by atomic mass is 9.84. The molecule has 4 aromatic rings. The molecule has 1 atom stereocenters. The van der Waals surface area contributed by atoms with Crippen molar-refractivity contribution in [3.05, 3.63) is 89.2 Å². The highest BCUT2D eigenvalue weighted by Crippen LogP contribution is 2.36. The Bertz CT molecular complexity index is 1140. The summed E-state index contributed by atoms with van der Waals surface area (Å²) in [6.07, 6.45) is 3.70. The van der Waals surface area contributed by atoms with Gasteiger partial charge >= 0.3 is 0 Å². The Morgan fingerprint density at radius 1 is 1.07 bits per heavy atom. The van der Waals surface area contributed by atoms with Crippen molar-refractivity contribution in [1.82, 2.24) is 24.9 Å². The van der Waals surface area contributed by atoms with Crippen LogP contribution in [0.2, 0.25) is 0 Å². The minimum atomic E-state index is 0.389. The van der Waals surface area contributed by atoms with Crippen molar-refractivity contribution < 1.29 is 0 Å². The third-order valence-corrected chi connectivity index (χ3v) is 5.98. The topological polar surface area (TPSA) is 61.8 Å². The predicted octanol–water partition coefficient (Wildman–Crippen LogP) is 4.00. The van der Waals surface area contributed by atoms with Crippen molar-refractivity contribution in [2.24, 2.45) is 7.05 Å². The van der Waals surface area contributed by atoms with E-state index in [1.165, 1.54) is 22.4 Å². The van der Waals surface area contributed by atoms with Gasteiger partial charge in [-0.3, -0.25) is 9.78 Å². The average molecular weight is 399 g/mol. The second-order valence-electron chi connectivity index (χ2n) is 8.00. The molecule has 0 saturated carbocycles. The van der Waals surface area contributed by atoms with Crippen LogP contribution in [0.4, 0.5) is 5.69 Å². The summed E-state index contributed by atoms with van der Waals surface area (Å²) in [5.41, 5.74) is 8.52. The minimum Gasteiger partial charge on any atom is -0.381 e. The van der Waals surface area contributed by atoms with Gasteiger partial charge in [0.25, 0.3) is 0 Å². The largest absolute Gasteiger partial charge is 0.381 e. The number of H-pyrrole nitrogens is 1. The van der Waals surface area contributed by atoms with Gasteiger partial charge in [0.2, 0.25) is 0 Å². The molecule has 6 heteroatoms. The number of aryl methyl sites for hydroxylation is 1. The Kier molecular flexibility index (Phi) is 4.85. The molecule has 30 heavy (non-hydrogen) atoms. The number of benzene rings is 2. The first kappa shape index (κ1) is 18.6. The number of aromatic amines is 1. The maximum Gasteiger partial charge on any atom is 0.0880 e. The Labute approximate surface area is 176 Å². The maximum absolute atomic E-state index is 4.28. The molecule has 0 saturated heterocycles. The number of anilines is 1. The van der Waals surface area contributed by atoms with Gasteiger partial charge in [-0.2, -0.15) is 10.2 Å². The van der Waals surface area contributed by atoms with Gasteiger partial charge in [-0.1, -0.05) is 42.5 Å². The van der Waals surface area contributed by atoms with Crippen LogP contribution in [-0.4, -0.2) is 38.5 Å². The van der Waals surface area contributed by atoms with E-state index in [2.05, 4.69) is 81.1 Å². The number of nitrogens with one attached hydrogen (secondary N) is 2. The van der Waals surface area contributed by atoms with Gasteiger partial charge < -0.3 is 10.2 Å². The summed E-state index contributed by atoms with van der Waals surface area (Å²) < 4.78 is 1.86. The van der Waals surface area contributed by atoms with Gasteiger partial charge in [0.15, 0.2) is 0 Å². The molecule has 1 aliphatic heterocycles. The summed E-state index contributed by atoms with van der Waals surface area (Å²) in [5, 5.41) is 15.3. The van der Waals surface area contributed by atoms with Gasteiger partial charge in [-0.05, 0) is 35.9 Å². The Hall–Kier alpha value is -3.38. The van der Waals surface area contributed by atoms with Gasteiger partial charge in [-0.15, -0.1) is 0 Å². The highest BCUT2D eigenvalue weighted by atomic mass is 15.3. The number of likely N-dealkylation sites (N-methyl/N-ethyl adjacent to an activating group) is 1.